The van der Waals surface area contributed by atoms with Crippen LogP contribution in [0.2, 0.25) is 0 Å². The van der Waals surface area contributed by atoms with Crippen molar-refractivity contribution in [2.45, 2.75) is 51.6 Å². The predicted octanol–water partition coefficient (Wildman–Crippen LogP) is 3.49. The van der Waals surface area contributed by atoms with Crippen molar-refractivity contribution in [3.05, 3.63) is 35.4 Å². The van der Waals surface area contributed by atoms with Crippen molar-refractivity contribution in [2.24, 2.45) is 5.92 Å². The lowest BCUT2D eigenvalue weighted by Gasteiger charge is -2.42. The summed E-state index contributed by atoms with van der Waals surface area (Å²) < 4.78 is 0. The number of amides is 1. The van der Waals surface area contributed by atoms with Gasteiger partial charge in [-0.05, 0) is 56.5 Å². The molecule has 2 aliphatic heterocycles. The number of carbonyl (C=O) groups is 1. The summed E-state index contributed by atoms with van der Waals surface area (Å²) in [7, 11) is 2.15. The summed E-state index contributed by atoms with van der Waals surface area (Å²) in [4.78, 5) is 21.4. The summed E-state index contributed by atoms with van der Waals surface area (Å²) in [6.45, 7) is 8.44. The van der Waals surface area contributed by atoms with E-state index in [1.54, 1.807) is 5.06 Å². The minimum absolute atomic E-state index is 0.0337. The molecule has 0 bridgehead atoms. The molecule has 1 amide bonds. The van der Waals surface area contributed by atoms with Gasteiger partial charge in [0.2, 0.25) is 0 Å². The molecule has 146 valence electrons. The van der Waals surface area contributed by atoms with Gasteiger partial charge in [0, 0.05) is 30.7 Å². The maximum absolute atomic E-state index is 13.2. The molecule has 1 aliphatic carbocycles. The summed E-state index contributed by atoms with van der Waals surface area (Å²) in [5.41, 5.74) is 5.36. The van der Waals surface area contributed by atoms with Gasteiger partial charge in [-0.15, -0.1) is 0 Å². The van der Waals surface area contributed by atoms with E-state index in [4.69, 9.17) is 4.84 Å². The molecule has 0 saturated carbocycles. The number of carbonyl (C=O) groups excluding carboxylic acids is 1. The minimum Gasteiger partial charge on any atom is -0.384 e. The Morgan fingerprint density at radius 3 is 2.96 bits per heavy atom. The number of likely N-dealkylation sites (N-methyl/N-ethyl adjacent to an activating group) is 1. The Kier molecular flexibility index (Phi) is 4.99. The summed E-state index contributed by atoms with van der Waals surface area (Å²) in [6.07, 6.45) is 4.25. The number of hydrogen-bond acceptors (Lipinski definition) is 4. The van der Waals surface area contributed by atoms with Crippen molar-refractivity contribution in [1.29, 1.82) is 0 Å². The zero-order valence-electron chi connectivity index (χ0n) is 16.9. The zero-order valence-corrected chi connectivity index (χ0v) is 16.9. The van der Waals surface area contributed by atoms with Crippen LogP contribution in [-0.4, -0.2) is 54.7 Å². The standard InChI is InChI=1S/C22H31N3O2/c1-5-9-27-25(14(2)3)22(26)16-10-18-17-7-6-8-19-21(17)15(12-23-19)11-20(18)24(4)13-16/h6-8,10,14-16,20,23H,5,9,11-13H2,1-4H3/t15?,16-,20-/m1/s1. The van der Waals surface area contributed by atoms with Gasteiger partial charge in [-0.1, -0.05) is 25.1 Å². The second-order valence-corrected chi connectivity index (χ2v) is 8.36. The highest BCUT2D eigenvalue weighted by molar-refractivity contribution is 5.87. The number of anilines is 1. The first-order valence-electron chi connectivity index (χ1n) is 10.3. The van der Waals surface area contributed by atoms with Crippen LogP contribution in [0.15, 0.2) is 24.3 Å². The maximum atomic E-state index is 13.2. The van der Waals surface area contributed by atoms with Crippen molar-refractivity contribution in [1.82, 2.24) is 9.96 Å². The lowest BCUT2D eigenvalue weighted by atomic mass is 9.74. The van der Waals surface area contributed by atoms with Crippen molar-refractivity contribution in [3.8, 4) is 0 Å². The van der Waals surface area contributed by atoms with Gasteiger partial charge >= 0.3 is 0 Å². The van der Waals surface area contributed by atoms with E-state index in [0.717, 1.165) is 25.9 Å². The molecule has 0 spiro atoms. The Hall–Kier alpha value is -1.85. The van der Waals surface area contributed by atoms with E-state index in [0.29, 0.717) is 18.6 Å². The molecule has 5 heteroatoms. The molecule has 2 heterocycles. The zero-order chi connectivity index (χ0) is 19.1. The second kappa shape index (κ2) is 7.28. The Labute approximate surface area is 162 Å². The first kappa shape index (κ1) is 18.5. The number of hydrogen-bond donors (Lipinski definition) is 1. The quantitative estimate of drug-likeness (QED) is 0.807. The number of nitrogens with one attached hydrogen (secondary N) is 1. The second-order valence-electron chi connectivity index (χ2n) is 8.36. The molecule has 0 radical (unpaired) electrons. The predicted molar refractivity (Wildman–Crippen MR) is 108 cm³/mol. The smallest absolute Gasteiger partial charge is 0.254 e. The molecule has 4 rings (SSSR count). The van der Waals surface area contributed by atoms with Gasteiger partial charge in [-0.25, -0.2) is 5.06 Å². The van der Waals surface area contributed by atoms with Crippen LogP contribution >= 0.6 is 0 Å². The molecule has 1 aromatic carbocycles. The van der Waals surface area contributed by atoms with Crippen LogP contribution in [0.4, 0.5) is 5.69 Å². The third-order valence-electron chi connectivity index (χ3n) is 6.07. The number of benzene rings is 1. The minimum atomic E-state index is -0.165. The summed E-state index contributed by atoms with van der Waals surface area (Å²) in [6, 6.07) is 6.96. The normalized spacial score (nSPS) is 26.3. The third kappa shape index (κ3) is 3.17. The van der Waals surface area contributed by atoms with Gasteiger partial charge in [-0.2, -0.15) is 0 Å². The van der Waals surface area contributed by atoms with Crippen LogP contribution in [-0.2, 0) is 9.63 Å². The summed E-state index contributed by atoms with van der Waals surface area (Å²) in [5, 5.41) is 5.14. The summed E-state index contributed by atoms with van der Waals surface area (Å²) >= 11 is 0. The molecule has 3 atom stereocenters. The fourth-order valence-corrected chi connectivity index (χ4v) is 4.82. The molecule has 3 aliphatic rings. The highest BCUT2D eigenvalue weighted by Gasteiger charge is 2.41. The molecule has 1 N–H and O–H groups in total. The van der Waals surface area contributed by atoms with Gasteiger partial charge < -0.3 is 5.32 Å². The maximum Gasteiger partial charge on any atom is 0.254 e. The molecule has 5 nitrogen and oxygen atoms in total. The number of fused-ring (bicyclic) bond motifs is 2. The average molecular weight is 370 g/mol. The molecular formula is C22H31N3O2. The van der Waals surface area contributed by atoms with E-state index in [9.17, 15) is 4.79 Å². The van der Waals surface area contributed by atoms with Gasteiger partial charge in [0.25, 0.3) is 5.91 Å². The van der Waals surface area contributed by atoms with Crippen molar-refractivity contribution < 1.29 is 9.63 Å². The van der Waals surface area contributed by atoms with E-state index in [-0.39, 0.29) is 17.9 Å². The highest BCUT2D eigenvalue weighted by atomic mass is 16.7. The van der Waals surface area contributed by atoms with E-state index >= 15 is 0 Å². The van der Waals surface area contributed by atoms with Crippen molar-refractivity contribution in [3.63, 3.8) is 0 Å². The monoisotopic (exact) mass is 369 g/mol. The third-order valence-corrected chi connectivity index (χ3v) is 6.07. The Morgan fingerprint density at radius 2 is 2.22 bits per heavy atom. The Morgan fingerprint density at radius 1 is 1.41 bits per heavy atom. The topological polar surface area (TPSA) is 44.8 Å². The highest BCUT2D eigenvalue weighted by Crippen LogP contribution is 2.48. The van der Waals surface area contributed by atoms with Crippen LogP contribution in [0.25, 0.3) is 5.57 Å². The van der Waals surface area contributed by atoms with Crippen molar-refractivity contribution >= 4 is 17.2 Å². The van der Waals surface area contributed by atoms with Crippen molar-refractivity contribution in [2.75, 3.05) is 32.1 Å². The van der Waals surface area contributed by atoms with Gasteiger partial charge in [-0.3, -0.25) is 14.5 Å². The lowest BCUT2D eigenvalue weighted by molar-refractivity contribution is -0.200. The van der Waals surface area contributed by atoms with Crippen LogP contribution in [0.3, 0.4) is 0 Å². The number of nitrogens with zero attached hydrogens (tertiary/aromatic N) is 2. The average Bonchev–Trinajstić information content (AvgIpc) is 3.07. The first-order valence-corrected chi connectivity index (χ1v) is 10.3. The summed E-state index contributed by atoms with van der Waals surface area (Å²) in [5.74, 6) is 0.486. The van der Waals surface area contributed by atoms with E-state index < -0.39 is 0 Å². The molecule has 27 heavy (non-hydrogen) atoms. The Balaban J connectivity index is 1.68. The van der Waals surface area contributed by atoms with Crippen LogP contribution < -0.4 is 5.32 Å². The van der Waals surface area contributed by atoms with Crippen LogP contribution in [0.1, 0.15) is 50.7 Å². The van der Waals surface area contributed by atoms with Gasteiger partial charge in [0.1, 0.15) is 0 Å². The lowest BCUT2D eigenvalue weighted by Crippen LogP contribution is -2.49. The molecule has 0 aromatic heterocycles. The van der Waals surface area contributed by atoms with E-state index in [1.807, 2.05) is 13.8 Å². The molecule has 0 saturated heterocycles. The van der Waals surface area contributed by atoms with Crippen LogP contribution in [0, 0.1) is 5.92 Å². The number of rotatable bonds is 5. The molecule has 0 fully saturated rings. The molecule has 1 unspecified atom stereocenters. The number of hydroxylamine groups is 2. The fourth-order valence-electron chi connectivity index (χ4n) is 4.82. The fraction of sp³-hybridized carbons (Fsp3) is 0.591. The van der Waals surface area contributed by atoms with Crippen LogP contribution in [0.5, 0.6) is 0 Å². The van der Waals surface area contributed by atoms with E-state index in [1.165, 1.54) is 22.4 Å². The Bertz CT molecular complexity index is 758. The largest absolute Gasteiger partial charge is 0.384 e. The van der Waals surface area contributed by atoms with E-state index in [2.05, 4.69) is 48.5 Å². The van der Waals surface area contributed by atoms with Gasteiger partial charge in [0.15, 0.2) is 0 Å². The first-order chi connectivity index (χ1) is 13.0. The van der Waals surface area contributed by atoms with Gasteiger partial charge in [0.05, 0.1) is 18.6 Å². The molecule has 1 aromatic rings. The molecular weight excluding hydrogens is 338 g/mol. The SMILES string of the molecule is CCCON(C(=O)[C@@H]1C=C2c3cccc4c3C(CN4)C[C@H]2N(C)C1)C(C)C.